The molecular weight excluding hydrogens is 350 g/mol. The molecule has 1 unspecified atom stereocenters. The molecule has 0 saturated heterocycles. The number of ether oxygens (including phenoxy) is 3. The largest absolute Gasteiger partial charge is 0.493 e. The number of alkyl halides is 2. The van der Waals surface area contributed by atoms with Gasteiger partial charge in [-0.05, 0) is 24.6 Å². The van der Waals surface area contributed by atoms with Crippen molar-refractivity contribution in [1.82, 2.24) is 9.80 Å². The lowest BCUT2D eigenvalue weighted by molar-refractivity contribution is -0.137. The Labute approximate surface area is 149 Å². The summed E-state index contributed by atoms with van der Waals surface area (Å²) in [7, 11) is 5.64. The summed E-state index contributed by atoms with van der Waals surface area (Å²) < 4.78 is 39.4. The second-order valence-corrected chi connectivity index (χ2v) is 5.63. The molecule has 26 heavy (non-hydrogen) atoms. The molecule has 1 aliphatic rings. The average molecular weight is 370 g/mol. The van der Waals surface area contributed by atoms with E-state index in [1.807, 2.05) is 0 Å². The zero-order valence-corrected chi connectivity index (χ0v) is 15.1. The lowest BCUT2D eigenvalue weighted by atomic mass is 9.93. The fraction of sp³-hybridized carbons (Fsp3) is 0.412. The molecule has 0 spiro atoms. The summed E-state index contributed by atoms with van der Waals surface area (Å²) in [6.07, 6.45) is 0. The summed E-state index contributed by atoms with van der Waals surface area (Å²) in [6, 6.07) is 3.16. The van der Waals surface area contributed by atoms with E-state index in [9.17, 15) is 18.4 Å². The van der Waals surface area contributed by atoms with Crippen molar-refractivity contribution in [3.63, 3.8) is 0 Å². The SMILES string of the molecule is COC(=O)C1=C(C)N(C)C(=O)N(C)C1c1ccc(OC(F)F)c(OC)c1. The monoisotopic (exact) mass is 370 g/mol. The van der Waals surface area contributed by atoms with Crippen LogP contribution in [0.5, 0.6) is 11.5 Å². The van der Waals surface area contributed by atoms with Crippen LogP contribution >= 0.6 is 0 Å². The highest BCUT2D eigenvalue weighted by molar-refractivity contribution is 5.94. The Bertz CT molecular complexity index is 751. The maximum Gasteiger partial charge on any atom is 0.387 e. The van der Waals surface area contributed by atoms with Crippen LogP contribution in [-0.4, -0.2) is 56.7 Å². The van der Waals surface area contributed by atoms with Crippen molar-refractivity contribution in [2.45, 2.75) is 19.6 Å². The molecule has 0 aliphatic carbocycles. The van der Waals surface area contributed by atoms with Crippen molar-refractivity contribution in [2.24, 2.45) is 0 Å². The van der Waals surface area contributed by atoms with Gasteiger partial charge in [-0.2, -0.15) is 8.78 Å². The highest BCUT2D eigenvalue weighted by Gasteiger charge is 2.39. The summed E-state index contributed by atoms with van der Waals surface area (Å²) in [5.41, 5.74) is 1.20. The first-order valence-corrected chi connectivity index (χ1v) is 7.65. The molecule has 1 atom stereocenters. The second-order valence-electron chi connectivity index (χ2n) is 5.63. The Kier molecular flexibility index (Phi) is 5.69. The molecule has 1 aliphatic heterocycles. The molecule has 0 radical (unpaired) electrons. The van der Waals surface area contributed by atoms with Crippen LogP contribution in [0.25, 0.3) is 0 Å². The number of halogens is 2. The van der Waals surface area contributed by atoms with Crippen LogP contribution in [0.1, 0.15) is 18.5 Å². The van der Waals surface area contributed by atoms with Crippen molar-refractivity contribution < 1.29 is 32.6 Å². The molecule has 2 rings (SSSR count). The molecule has 2 amide bonds. The van der Waals surface area contributed by atoms with E-state index in [1.165, 1.54) is 49.3 Å². The van der Waals surface area contributed by atoms with Gasteiger partial charge in [-0.3, -0.25) is 0 Å². The maximum atomic E-state index is 12.5. The first kappa shape index (κ1) is 19.5. The van der Waals surface area contributed by atoms with Crippen LogP contribution in [0.4, 0.5) is 13.6 Å². The molecular formula is C17H20F2N2O5. The molecule has 0 saturated carbocycles. The Balaban J connectivity index is 2.59. The number of methoxy groups -OCH3 is 2. The summed E-state index contributed by atoms with van der Waals surface area (Å²) in [4.78, 5) is 27.5. The third-order valence-electron chi connectivity index (χ3n) is 4.27. The number of rotatable bonds is 5. The van der Waals surface area contributed by atoms with Crippen molar-refractivity contribution in [3.05, 3.63) is 35.0 Å². The number of carbonyl (C=O) groups is 2. The highest BCUT2D eigenvalue weighted by Crippen LogP contribution is 2.39. The first-order valence-electron chi connectivity index (χ1n) is 7.65. The molecule has 0 aromatic heterocycles. The molecule has 0 fully saturated rings. The number of hydrogen-bond donors (Lipinski definition) is 0. The molecule has 1 aromatic rings. The highest BCUT2D eigenvalue weighted by atomic mass is 19.3. The number of urea groups is 1. The number of likely N-dealkylation sites (N-methyl/N-ethyl adjacent to an activating group) is 1. The normalized spacial score (nSPS) is 17.7. The van der Waals surface area contributed by atoms with Gasteiger partial charge in [-0.1, -0.05) is 6.07 Å². The Morgan fingerprint density at radius 2 is 1.85 bits per heavy atom. The van der Waals surface area contributed by atoms with E-state index in [0.29, 0.717) is 11.3 Å². The molecule has 142 valence electrons. The van der Waals surface area contributed by atoms with E-state index in [4.69, 9.17) is 9.47 Å². The fourth-order valence-electron chi connectivity index (χ4n) is 2.87. The van der Waals surface area contributed by atoms with Gasteiger partial charge in [0.2, 0.25) is 0 Å². The van der Waals surface area contributed by atoms with Gasteiger partial charge in [0.1, 0.15) is 0 Å². The summed E-state index contributed by atoms with van der Waals surface area (Å²) in [5.74, 6) is -0.677. The number of benzene rings is 1. The predicted molar refractivity (Wildman–Crippen MR) is 88.0 cm³/mol. The number of carbonyl (C=O) groups excluding carboxylic acids is 2. The summed E-state index contributed by atoms with van der Waals surface area (Å²) in [6.45, 7) is -1.37. The van der Waals surface area contributed by atoms with E-state index in [-0.39, 0.29) is 23.1 Å². The lowest BCUT2D eigenvalue weighted by Gasteiger charge is -2.39. The van der Waals surface area contributed by atoms with E-state index in [0.717, 1.165) is 0 Å². The van der Waals surface area contributed by atoms with Crippen LogP contribution in [0.15, 0.2) is 29.5 Å². The van der Waals surface area contributed by atoms with Gasteiger partial charge in [-0.25, -0.2) is 9.59 Å². The Morgan fingerprint density at radius 3 is 2.38 bits per heavy atom. The number of hydrogen-bond acceptors (Lipinski definition) is 5. The van der Waals surface area contributed by atoms with Crippen molar-refractivity contribution in [2.75, 3.05) is 28.3 Å². The smallest absolute Gasteiger partial charge is 0.387 e. The minimum Gasteiger partial charge on any atom is -0.493 e. The van der Waals surface area contributed by atoms with Gasteiger partial charge in [0.25, 0.3) is 0 Å². The minimum absolute atomic E-state index is 0.0597. The second kappa shape index (κ2) is 7.59. The third-order valence-corrected chi connectivity index (χ3v) is 4.27. The Morgan fingerprint density at radius 1 is 1.19 bits per heavy atom. The molecule has 0 bridgehead atoms. The fourth-order valence-corrected chi connectivity index (χ4v) is 2.87. The number of esters is 1. The van der Waals surface area contributed by atoms with Crippen LogP contribution < -0.4 is 9.47 Å². The van der Waals surface area contributed by atoms with E-state index >= 15 is 0 Å². The molecule has 9 heteroatoms. The number of allylic oxidation sites excluding steroid dienone is 1. The van der Waals surface area contributed by atoms with Gasteiger partial charge in [0, 0.05) is 19.8 Å². The van der Waals surface area contributed by atoms with Gasteiger partial charge in [0.15, 0.2) is 11.5 Å². The van der Waals surface area contributed by atoms with Crippen molar-refractivity contribution in [3.8, 4) is 11.5 Å². The van der Waals surface area contributed by atoms with E-state index in [2.05, 4.69) is 4.74 Å². The third kappa shape index (κ3) is 3.42. The summed E-state index contributed by atoms with van der Waals surface area (Å²) in [5, 5.41) is 0. The zero-order valence-electron chi connectivity index (χ0n) is 15.1. The number of amides is 2. The molecule has 1 heterocycles. The van der Waals surface area contributed by atoms with Crippen LogP contribution in [-0.2, 0) is 9.53 Å². The Hall–Kier alpha value is -2.84. The van der Waals surface area contributed by atoms with Crippen molar-refractivity contribution >= 4 is 12.0 Å². The lowest BCUT2D eigenvalue weighted by Crippen LogP contribution is -2.47. The maximum absolute atomic E-state index is 12.5. The molecule has 1 aromatic carbocycles. The minimum atomic E-state index is -3.00. The van der Waals surface area contributed by atoms with Gasteiger partial charge in [0.05, 0.1) is 25.8 Å². The van der Waals surface area contributed by atoms with Gasteiger partial charge < -0.3 is 24.0 Å². The zero-order chi connectivity index (χ0) is 19.6. The van der Waals surface area contributed by atoms with Crippen LogP contribution in [0, 0.1) is 0 Å². The molecule has 7 nitrogen and oxygen atoms in total. The topological polar surface area (TPSA) is 68.3 Å². The average Bonchev–Trinajstić information content (AvgIpc) is 2.62. The molecule has 0 N–H and O–H groups in total. The van der Waals surface area contributed by atoms with Crippen LogP contribution in [0.3, 0.4) is 0 Å². The number of nitrogens with zero attached hydrogens (tertiary/aromatic N) is 2. The summed E-state index contributed by atoms with van der Waals surface area (Å²) >= 11 is 0. The standard InChI is InChI=1S/C17H20F2N2O5/c1-9-13(15(22)25-5)14(21(3)17(23)20(9)2)10-6-7-11(26-16(18)19)12(8-10)24-4/h6-8,14,16H,1-5H3. The van der Waals surface area contributed by atoms with E-state index in [1.54, 1.807) is 14.0 Å². The van der Waals surface area contributed by atoms with Crippen molar-refractivity contribution in [1.29, 1.82) is 0 Å². The van der Waals surface area contributed by atoms with E-state index < -0.39 is 18.6 Å². The quantitative estimate of drug-likeness (QED) is 0.746. The first-order chi connectivity index (χ1) is 12.2. The predicted octanol–water partition coefficient (Wildman–Crippen LogP) is 2.78. The van der Waals surface area contributed by atoms with Gasteiger partial charge in [-0.15, -0.1) is 0 Å². The van der Waals surface area contributed by atoms with Gasteiger partial charge >= 0.3 is 18.6 Å². The van der Waals surface area contributed by atoms with Crippen LogP contribution in [0.2, 0.25) is 0 Å².